The van der Waals surface area contributed by atoms with E-state index in [-0.39, 0.29) is 24.1 Å². The van der Waals surface area contributed by atoms with Gasteiger partial charge in [-0.25, -0.2) is 14.2 Å². The Morgan fingerprint density at radius 3 is 2.51 bits per heavy atom. The van der Waals surface area contributed by atoms with Crippen molar-refractivity contribution in [1.29, 1.82) is 0 Å². The Morgan fingerprint density at radius 2 is 1.79 bits per heavy atom. The van der Waals surface area contributed by atoms with E-state index in [0.717, 1.165) is 86.0 Å². The summed E-state index contributed by atoms with van der Waals surface area (Å²) in [5.74, 6) is 2.39. The summed E-state index contributed by atoms with van der Waals surface area (Å²) in [5, 5.41) is 9.52. The molecule has 0 radical (unpaired) electrons. The number of ether oxygens (including phenoxy) is 2. The minimum Gasteiger partial charge on any atom is -0.478 e. The molecule has 4 aromatic rings. The molecule has 2 aromatic heterocycles. The number of hydrogen-bond donors (Lipinski definition) is 1. The Morgan fingerprint density at radius 1 is 0.977 bits per heavy atom. The van der Waals surface area contributed by atoms with Gasteiger partial charge in [-0.15, -0.1) is 0 Å². The first kappa shape index (κ1) is 27.8. The molecule has 2 saturated heterocycles. The highest BCUT2D eigenvalue weighted by Crippen LogP contribution is 2.33. The third-order valence-corrected chi connectivity index (χ3v) is 9.09. The molecule has 1 N–H and O–H groups in total. The summed E-state index contributed by atoms with van der Waals surface area (Å²) in [4.78, 5) is 23.5. The third-order valence-electron chi connectivity index (χ3n) is 9.09. The van der Waals surface area contributed by atoms with Gasteiger partial charge in [0.1, 0.15) is 24.1 Å². The number of aromatic nitrogens is 3. The van der Waals surface area contributed by atoms with Crippen molar-refractivity contribution in [2.75, 3.05) is 24.6 Å². The molecule has 0 amide bonds. The van der Waals surface area contributed by atoms with E-state index in [0.29, 0.717) is 23.9 Å². The number of carbonyl (C=O) groups is 1. The zero-order chi connectivity index (χ0) is 29.3. The number of aromatic carboxylic acids is 1. The smallest absolute Gasteiger partial charge is 0.335 e. The molecule has 8 nitrogen and oxygen atoms in total. The monoisotopic (exact) mass is 584 g/mol. The second-order valence-electron chi connectivity index (χ2n) is 12.3. The fourth-order valence-corrected chi connectivity index (χ4v) is 6.22. The van der Waals surface area contributed by atoms with E-state index in [1.54, 1.807) is 18.2 Å². The van der Waals surface area contributed by atoms with Crippen molar-refractivity contribution in [2.24, 2.45) is 11.8 Å². The summed E-state index contributed by atoms with van der Waals surface area (Å²) in [6.45, 7) is 3.35. The molecule has 3 fully saturated rings. The molecule has 0 spiro atoms. The van der Waals surface area contributed by atoms with Gasteiger partial charge in [0.25, 0.3) is 0 Å². The van der Waals surface area contributed by atoms with Crippen molar-refractivity contribution in [1.82, 2.24) is 14.5 Å². The maximum Gasteiger partial charge on any atom is 0.335 e. The number of benzene rings is 2. The number of hydrogen-bond acceptors (Lipinski definition) is 6. The highest BCUT2D eigenvalue weighted by atomic mass is 19.1. The predicted octanol–water partition coefficient (Wildman–Crippen LogP) is 6.05. The van der Waals surface area contributed by atoms with E-state index in [4.69, 9.17) is 19.4 Å². The van der Waals surface area contributed by atoms with E-state index in [1.165, 1.54) is 12.8 Å². The molecule has 7 rings (SSSR count). The van der Waals surface area contributed by atoms with Crippen LogP contribution in [0, 0.1) is 17.7 Å². The lowest BCUT2D eigenvalue weighted by Crippen LogP contribution is -2.35. The second-order valence-corrected chi connectivity index (χ2v) is 12.3. The van der Waals surface area contributed by atoms with E-state index in [9.17, 15) is 14.3 Å². The number of pyridine rings is 1. The minimum absolute atomic E-state index is 0.148. The first-order chi connectivity index (χ1) is 21.0. The quantitative estimate of drug-likeness (QED) is 0.230. The summed E-state index contributed by atoms with van der Waals surface area (Å²) in [5.41, 5.74) is 3.56. The predicted molar refractivity (Wildman–Crippen MR) is 161 cm³/mol. The topological polar surface area (TPSA) is 89.7 Å². The van der Waals surface area contributed by atoms with Crippen LogP contribution in [0.4, 0.5) is 10.2 Å². The molecule has 2 aromatic carbocycles. The van der Waals surface area contributed by atoms with Gasteiger partial charge in [-0.3, -0.25) is 0 Å². The first-order valence-electron chi connectivity index (χ1n) is 15.4. The van der Waals surface area contributed by atoms with Crippen LogP contribution in [-0.4, -0.2) is 51.4 Å². The van der Waals surface area contributed by atoms with Gasteiger partial charge >= 0.3 is 5.97 Å². The molecule has 1 atom stereocenters. The number of fused-ring (bicyclic) bond motifs is 1. The molecule has 3 aliphatic rings. The van der Waals surface area contributed by atoms with Gasteiger partial charge in [0.15, 0.2) is 0 Å². The van der Waals surface area contributed by atoms with Crippen LogP contribution < -0.4 is 9.64 Å². The van der Waals surface area contributed by atoms with Crippen LogP contribution in [-0.2, 0) is 30.7 Å². The number of anilines is 1. The molecular weight excluding hydrogens is 547 g/mol. The van der Waals surface area contributed by atoms with Gasteiger partial charge in [0.05, 0.1) is 29.2 Å². The molecular formula is C34H37FN4O4. The lowest BCUT2D eigenvalue weighted by Gasteiger charge is -2.33. The van der Waals surface area contributed by atoms with Crippen molar-refractivity contribution < 1.29 is 23.8 Å². The Bertz CT molecular complexity index is 1620. The number of carboxylic acids is 1. The molecule has 2 aliphatic heterocycles. The largest absolute Gasteiger partial charge is 0.478 e. The number of imidazole rings is 1. The Kier molecular flexibility index (Phi) is 7.74. The van der Waals surface area contributed by atoms with Crippen molar-refractivity contribution in [3.63, 3.8) is 0 Å². The highest BCUT2D eigenvalue weighted by molar-refractivity contribution is 5.92. The first-order valence-corrected chi connectivity index (χ1v) is 15.4. The van der Waals surface area contributed by atoms with Crippen LogP contribution in [0.15, 0.2) is 54.6 Å². The van der Waals surface area contributed by atoms with Crippen LogP contribution in [0.5, 0.6) is 5.88 Å². The van der Waals surface area contributed by atoms with E-state index in [2.05, 4.69) is 9.47 Å². The van der Waals surface area contributed by atoms with Gasteiger partial charge in [-0.05, 0) is 86.3 Å². The molecule has 1 aliphatic carbocycles. The van der Waals surface area contributed by atoms with Crippen LogP contribution in [0.2, 0.25) is 0 Å². The number of halogens is 1. The SMILES string of the molecule is O=C(O)c1ccc2nc(CC3CCN(c4cccc(OCc5ccc(CC6CC6)cc5F)n4)CC3)n(C[C@@H]3CCO3)c2c1. The van der Waals surface area contributed by atoms with E-state index >= 15 is 0 Å². The lowest BCUT2D eigenvalue weighted by atomic mass is 9.93. The molecule has 4 heterocycles. The van der Waals surface area contributed by atoms with Gasteiger partial charge in [-0.1, -0.05) is 18.2 Å². The van der Waals surface area contributed by atoms with Gasteiger partial charge in [0, 0.05) is 37.7 Å². The van der Waals surface area contributed by atoms with E-state index in [1.807, 2.05) is 36.4 Å². The van der Waals surface area contributed by atoms with Crippen LogP contribution in [0.1, 0.15) is 59.4 Å². The molecule has 1 saturated carbocycles. The van der Waals surface area contributed by atoms with Crippen molar-refractivity contribution in [3.05, 3.63) is 82.9 Å². The highest BCUT2D eigenvalue weighted by Gasteiger charge is 2.26. The average molecular weight is 585 g/mol. The molecule has 43 heavy (non-hydrogen) atoms. The summed E-state index contributed by atoms with van der Waals surface area (Å²) in [7, 11) is 0. The second kappa shape index (κ2) is 12.0. The molecule has 9 heteroatoms. The van der Waals surface area contributed by atoms with Crippen molar-refractivity contribution in [3.8, 4) is 5.88 Å². The fourth-order valence-electron chi connectivity index (χ4n) is 6.22. The molecule has 224 valence electrons. The zero-order valence-electron chi connectivity index (χ0n) is 24.3. The Labute approximate surface area is 250 Å². The molecule has 0 unspecified atom stereocenters. The van der Waals surface area contributed by atoms with Crippen LogP contribution in [0.3, 0.4) is 0 Å². The summed E-state index contributed by atoms with van der Waals surface area (Å²) < 4.78 is 28.5. The number of piperidine rings is 1. The van der Waals surface area contributed by atoms with Crippen molar-refractivity contribution >= 4 is 22.8 Å². The average Bonchev–Trinajstić information content (AvgIpc) is 3.74. The zero-order valence-corrected chi connectivity index (χ0v) is 24.3. The van der Waals surface area contributed by atoms with Crippen molar-refractivity contribution in [2.45, 2.75) is 64.2 Å². The van der Waals surface area contributed by atoms with Gasteiger partial charge < -0.3 is 24.0 Å². The normalized spacial score (nSPS) is 19.0. The minimum atomic E-state index is -0.934. The standard InChI is InChI=1S/C34H37FN4O4/c35-28-17-24(16-22-4-5-22)6-7-26(28)21-43-33-3-1-2-31(37-33)38-13-10-23(11-14-38)18-32-36-29-9-8-25(34(40)41)19-30(29)39(32)20-27-12-15-42-27/h1-3,6-9,17,19,22-23,27H,4-5,10-16,18,20-21H2,(H,40,41)/t27-/m0/s1. The van der Waals surface area contributed by atoms with Gasteiger partial charge in [-0.2, -0.15) is 4.98 Å². The van der Waals surface area contributed by atoms with Gasteiger partial charge in [0.2, 0.25) is 5.88 Å². The number of carboxylic acid groups (broad SMARTS) is 1. The van der Waals surface area contributed by atoms with Crippen LogP contribution in [0.25, 0.3) is 11.0 Å². The Hall–Kier alpha value is -3.98. The van der Waals surface area contributed by atoms with E-state index < -0.39 is 5.97 Å². The lowest BCUT2D eigenvalue weighted by molar-refractivity contribution is -0.0590. The maximum atomic E-state index is 14.7. The summed E-state index contributed by atoms with van der Waals surface area (Å²) >= 11 is 0. The summed E-state index contributed by atoms with van der Waals surface area (Å²) in [6.07, 6.45) is 7.44. The number of rotatable bonds is 11. The maximum absolute atomic E-state index is 14.7. The summed E-state index contributed by atoms with van der Waals surface area (Å²) in [6, 6.07) is 16.4. The Balaban J connectivity index is 0.977. The van der Waals surface area contributed by atoms with Crippen LogP contribution >= 0.6 is 0 Å². The fraction of sp³-hybridized carbons (Fsp3) is 0.441. The molecule has 0 bridgehead atoms. The number of nitrogens with zero attached hydrogens (tertiary/aromatic N) is 4. The third kappa shape index (κ3) is 6.37.